The molecule has 2 fully saturated rings. The van der Waals surface area contributed by atoms with Crippen molar-refractivity contribution in [2.45, 2.75) is 64.5 Å². The first-order chi connectivity index (χ1) is 15.5. The lowest BCUT2D eigenvalue weighted by Gasteiger charge is -2.44. The van der Waals surface area contributed by atoms with Gasteiger partial charge in [0.2, 0.25) is 11.8 Å². The number of alkyl halides is 3. The van der Waals surface area contributed by atoms with Gasteiger partial charge in [0.1, 0.15) is 5.75 Å². The lowest BCUT2D eigenvalue weighted by Crippen LogP contribution is -2.58. The van der Waals surface area contributed by atoms with E-state index in [1.165, 1.54) is 12.1 Å². The summed E-state index contributed by atoms with van der Waals surface area (Å²) in [5.74, 6) is -0.402. The van der Waals surface area contributed by atoms with E-state index in [-0.39, 0.29) is 42.2 Å². The largest absolute Gasteiger partial charge is 0.573 e. The quantitative estimate of drug-likeness (QED) is 0.691. The topological polar surface area (TPSA) is 65.1 Å². The zero-order valence-electron chi connectivity index (χ0n) is 19.4. The summed E-state index contributed by atoms with van der Waals surface area (Å²) in [6.45, 7) is 9.09. The molecule has 33 heavy (non-hydrogen) atoms. The molecule has 0 bridgehead atoms. The molecule has 0 aromatic heterocycles. The first-order valence-electron chi connectivity index (χ1n) is 11.5. The molecule has 2 heterocycles. The molecule has 2 saturated heterocycles. The molecule has 184 valence electrons. The Kier molecular flexibility index (Phi) is 8.23. The number of anilines is 1. The highest BCUT2D eigenvalue weighted by atomic mass is 19.4. The molecular weight excluding hydrogens is 437 g/mol. The summed E-state index contributed by atoms with van der Waals surface area (Å²) < 4.78 is 40.6. The maximum Gasteiger partial charge on any atom is 0.573 e. The highest BCUT2D eigenvalue weighted by molar-refractivity contribution is 5.92. The van der Waals surface area contributed by atoms with Crippen LogP contribution in [0.4, 0.5) is 18.9 Å². The van der Waals surface area contributed by atoms with E-state index in [0.717, 1.165) is 31.4 Å². The van der Waals surface area contributed by atoms with Gasteiger partial charge < -0.3 is 15.0 Å². The normalized spacial score (nSPS) is 23.8. The van der Waals surface area contributed by atoms with Crippen LogP contribution in [-0.2, 0) is 9.59 Å². The number of nitrogens with zero attached hydrogens (tertiary/aromatic N) is 3. The van der Waals surface area contributed by atoms with E-state index in [2.05, 4.69) is 28.8 Å². The number of nitrogens with one attached hydrogen (secondary N) is 1. The fraction of sp³-hybridized carbons (Fsp3) is 0.652. The van der Waals surface area contributed by atoms with E-state index < -0.39 is 6.36 Å². The maximum atomic E-state index is 13.1. The molecule has 2 aliphatic rings. The number of likely N-dealkylation sites (tertiary alicyclic amines) is 1. The number of amides is 2. The number of hydrogen-bond acceptors (Lipinski definition) is 5. The van der Waals surface area contributed by atoms with Crippen molar-refractivity contribution in [3.63, 3.8) is 0 Å². The number of carbonyl (C=O) groups excluding carboxylic acids is 2. The predicted molar refractivity (Wildman–Crippen MR) is 119 cm³/mol. The van der Waals surface area contributed by atoms with Gasteiger partial charge in [-0.2, -0.15) is 0 Å². The number of piperazine rings is 1. The van der Waals surface area contributed by atoms with Crippen molar-refractivity contribution in [3.05, 3.63) is 24.3 Å². The third-order valence-electron chi connectivity index (χ3n) is 6.50. The van der Waals surface area contributed by atoms with Crippen LogP contribution in [-0.4, -0.2) is 83.7 Å². The van der Waals surface area contributed by atoms with Gasteiger partial charge in [-0.25, -0.2) is 0 Å². The van der Waals surface area contributed by atoms with Gasteiger partial charge in [-0.3, -0.25) is 19.4 Å². The number of carbonyl (C=O) groups is 2. The van der Waals surface area contributed by atoms with Gasteiger partial charge in [0.05, 0.1) is 12.6 Å². The molecule has 1 aromatic rings. The predicted octanol–water partition coefficient (Wildman–Crippen LogP) is 3.32. The van der Waals surface area contributed by atoms with Crippen LogP contribution in [0.15, 0.2) is 24.3 Å². The van der Waals surface area contributed by atoms with E-state index in [1.54, 1.807) is 0 Å². The average Bonchev–Trinajstić information content (AvgIpc) is 2.74. The molecule has 1 aromatic carbocycles. The summed E-state index contributed by atoms with van der Waals surface area (Å²) in [4.78, 5) is 31.7. The zero-order chi connectivity index (χ0) is 24.2. The summed E-state index contributed by atoms with van der Waals surface area (Å²) >= 11 is 0. The Morgan fingerprint density at radius 1 is 1.06 bits per heavy atom. The van der Waals surface area contributed by atoms with Crippen molar-refractivity contribution in [2.75, 3.05) is 38.0 Å². The van der Waals surface area contributed by atoms with E-state index in [1.807, 2.05) is 16.7 Å². The number of halogens is 3. The van der Waals surface area contributed by atoms with Gasteiger partial charge in [0.25, 0.3) is 0 Å². The molecule has 2 amide bonds. The lowest BCUT2D eigenvalue weighted by atomic mass is 9.96. The van der Waals surface area contributed by atoms with E-state index in [4.69, 9.17) is 0 Å². The SMILES string of the molecule is C[C@H](C(=O)N1[C@H](C)CCC[C@@H]1C)N1CCN(CC(=O)Nc2ccc(OC(F)(F)F)cc2)CC1. The van der Waals surface area contributed by atoms with Crippen LogP contribution < -0.4 is 10.1 Å². The van der Waals surface area contributed by atoms with Crippen LogP contribution in [0.3, 0.4) is 0 Å². The summed E-state index contributed by atoms with van der Waals surface area (Å²) in [5, 5.41) is 2.69. The molecule has 1 N–H and O–H groups in total. The fourth-order valence-electron chi connectivity index (χ4n) is 4.68. The molecule has 0 aliphatic carbocycles. The van der Waals surface area contributed by atoms with Crippen molar-refractivity contribution >= 4 is 17.5 Å². The third kappa shape index (κ3) is 7.07. The molecule has 0 spiro atoms. The molecule has 3 rings (SSSR count). The average molecular weight is 471 g/mol. The van der Waals surface area contributed by atoms with Gasteiger partial charge in [-0.15, -0.1) is 13.2 Å². The number of ether oxygens (including phenoxy) is 1. The van der Waals surface area contributed by atoms with Crippen molar-refractivity contribution < 1.29 is 27.5 Å². The number of piperidine rings is 1. The van der Waals surface area contributed by atoms with Crippen molar-refractivity contribution in [1.82, 2.24) is 14.7 Å². The Labute approximate surface area is 192 Å². The monoisotopic (exact) mass is 470 g/mol. The Balaban J connectivity index is 1.44. The third-order valence-corrected chi connectivity index (χ3v) is 6.50. The molecule has 2 aliphatic heterocycles. The Morgan fingerprint density at radius 2 is 1.64 bits per heavy atom. The second-order valence-electron chi connectivity index (χ2n) is 8.98. The number of rotatable bonds is 6. The Bertz CT molecular complexity index is 800. The highest BCUT2D eigenvalue weighted by Gasteiger charge is 2.35. The van der Waals surface area contributed by atoms with Crippen molar-refractivity contribution in [3.8, 4) is 5.75 Å². The first-order valence-corrected chi connectivity index (χ1v) is 11.5. The Morgan fingerprint density at radius 3 is 2.18 bits per heavy atom. The van der Waals surface area contributed by atoms with Gasteiger partial charge in [0, 0.05) is 44.0 Å². The van der Waals surface area contributed by atoms with Crippen molar-refractivity contribution in [2.24, 2.45) is 0 Å². The maximum absolute atomic E-state index is 13.1. The van der Waals surface area contributed by atoms with Gasteiger partial charge in [0.15, 0.2) is 0 Å². The minimum atomic E-state index is -4.75. The number of hydrogen-bond donors (Lipinski definition) is 1. The van der Waals surface area contributed by atoms with Crippen LogP contribution in [0.5, 0.6) is 5.75 Å². The van der Waals surface area contributed by atoms with E-state index >= 15 is 0 Å². The van der Waals surface area contributed by atoms with Gasteiger partial charge in [-0.1, -0.05) is 0 Å². The van der Waals surface area contributed by atoms with Crippen LogP contribution in [0.2, 0.25) is 0 Å². The Hall–Kier alpha value is -2.33. The van der Waals surface area contributed by atoms with Crippen molar-refractivity contribution in [1.29, 1.82) is 0 Å². The summed E-state index contributed by atoms with van der Waals surface area (Å²) in [7, 11) is 0. The van der Waals surface area contributed by atoms with Crippen LogP contribution in [0.25, 0.3) is 0 Å². The first kappa shape index (κ1) is 25.3. The summed E-state index contributed by atoms with van der Waals surface area (Å²) in [6.07, 6.45) is -1.50. The fourth-order valence-corrected chi connectivity index (χ4v) is 4.68. The minimum absolute atomic E-state index is 0.178. The molecule has 0 radical (unpaired) electrons. The highest BCUT2D eigenvalue weighted by Crippen LogP contribution is 2.25. The second-order valence-corrected chi connectivity index (χ2v) is 8.98. The molecule has 3 atom stereocenters. The summed E-state index contributed by atoms with van der Waals surface area (Å²) in [6, 6.07) is 5.39. The number of benzene rings is 1. The standard InChI is InChI=1S/C23H33F3N4O3/c1-16-5-4-6-17(2)30(16)22(32)18(3)29-13-11-28(12-14-29)15-21(31)27-19-7-9-20(10-8-19)33-23(24,25)26/h7-10,16-18H,4-6,11-15H2,1-3H3,(H,27,31)/t16-,17+,18-/m1/s1. The molecular formula is C23H33F3N4O3. The van der Waals surface area contributed by atoms with Gasteiger partial charge in [-0.05, 0) is 64.3 Å². The smallest absolute Gasteiger partial charge is 0.406 e. The molecule has 0 saturated carbocycles. The second kappa shape index (κ2) is 10.7. The molecule has 10 heteroatoms. The molecule has 0 unspecified atom stereocenters. The van der Waals surface area contributed by atoms with Crippen LogP contribution >= 0.6 is 0 Å². The zero-order valence-corrected chi connectivity index (χ0v) is 19.4. The van der Waals surface area contributed by atoms with E-state index in [9.17, 15) is 22.8 Å². The van der Waals surface area contributed by atoms with Gasteiger partial charge >= 0.3 is 6.36 Å². The minimum Gasteiger partial charge on any atom is -0.406 e. The van der Waals surface area contributed by atoms with Crippen LogP contribution in [0.1, 0.15) is 40.0 Å². The summed E-state index contributed by atoms with van der Waals surface area (Å²) in [5.41, 5.74) is 0.400. The lowest BCUT2D eigenvalue weighted by molar-refractivity contribution is -0.274. The van der Waals surface area contributed by atoms with Crippen LogP contribution in [0, 0.1) is 0 Å². The van der Waals surface area contributed by atoms with E-state index in [0.29, 0.717) is 31.9 Å². The molecule has 7 nitrogen and oxygen atoms in total.